The molecule has 0 heterocycles. The SMILES string of the molecule is CCCC/C(C)=C(\C)C#N. The van der Waals surface area contributed by atoms with Crippen molar-refractivity contribution in [3.8, 4) is 6.07 Å². The second-order valence-electron chi connectivity index (χ2n) is 2.62. The molecular weight excluding hydrogens is 122 g/mol. The van der Waals surface area contributed by atoms with Crippen molar-refractivity contribution in [3.63, 3.8) is 0 Å². The van der Waals surface area contributed by atoms with Crippen LogP contribution in [0.1, 0.15) is 40.0 Å². The number of hydrogen-bond acceptors (Lipinski definition) is 1. The highest BCUT2D eigenvalue weighted by Crippen LogP contribution is 2.10. The maximum absolute atomic E-state index is 8.50. The lowest BCUT2D eigenvalue weighted by Crippen LogP contribution is -1.81. The van der Waals surface area contributed by atoms with Crippen LogP contribution in [0.15, 0.2) is 11.1 Å². The molecule has 10 heavy (non-hydrogen) atoms. The number of nitriles is 1. The van der Waals surface area contributed by atoms with Gasteiger partial charge < -0.3 is 0 Å². The Labute approximate surface area is 63.4 Å². The molecule has 0 spiro atoms. The van der Waals surface area contributed by atoms with Crippen molar-refractivity contribution in [3.05, 3.63) is 11.1 Å². The van der Waals surface area contributed by atoms with E-state index in [0.29, 0.717) is 0 Å². The lowest BCUT2D eigenvalue weighted by molar-refractivity contribution is 0.783. The summed E-state index contributed by atoms with van der Waals surface area (Å²) in [4.78, 5) is 0. The van der Waals surface area contributed by atoms with Crippen molar-refractivity contribution in [1.29, 1.82) is 5.26 Å². The summed E-state index contributed by atoms with van der Waals surface area (Å²) < 4.78 is 0. The fraction of sp³-hybridized carbons (Fsp3) is 0.667. The van der Waals surface area contributed by atoms with Crippen LogP contribution in [-0.2, 0) is 0 Å². The van der Waals surface area contributed by atoms with Crippen LogP contribution in [-0.4, -0.2) is 0 Å². The summed E-state index contributed by atoms with van der Waals surface area (Å²) in [6.07, 6.45) is 3.48. The van der Waals surface area contributed by atoms with Gasteiger partial charge in [-0.25, -0.2) is 0 Å². The van der Waals surface area contributed by atoms with Gasteiger partial charge in [0.2, 0.25) is 0 Å². The van der Waals surface area contributed by atoms with E-state index in [-0.39, 0.29) is 0 Å². The average molecular weight is 137 g/mol. The van der Waals surface area contributed by atoms with E-state index in [2.05, 4.69) is 13.0 Å². The zero-order chi connectivity index (χ0) is 7.98. The van der Waals surface area contributed by atoms with E-state index in [4.69, 9.17) is 5.26 Å². The highest BCUT2D eigenvalue weighted by atomic mass is 14.2. The van der Waals surface area contributed by atoms with Gasteiger partial charge in [0.25, 0.3) is 0 Å². The predicted octanol–water partition coefficient (Wildman–Crippen LogP) is 3.04. The van der Waals surface area contributed by atoms with Crippen molar-refractivity contribution in [2.45, 2.75) is 40.0 Å². The molecule has 0 atom stereocenters. The summed E-state index contributed by atoms with van der Waals surface area (Å²) in [6, 6.07) is 2.15. The van der Waals surface area contributed by atoms with Crippen molar-refractivity contribution < 1.29 is 0 Å². The Morgan fingerprint density at radius 3 is 2.40 bits per heavy atom. The third-order valence-corrected chi connectivity index (χ3v) is 1.71. The Kier molecular flexibility index (Phi) is 4.66. The number of hydrogen-bond donors (Lipinski definition) is 0. The molecule has 0 rings (SSSR count). The third-order valence-electron chi connectivity index (χ3n) is 1.71. The van der Waals surface area contributed by atoms with E-state index in [0.717, 1.165) is 12.0 Å². The van der Waals surface area contributed by atoms with Crippen molar-refractivity contribution in [2.24, 2.45) is 0 Å². The minimum Gasteiger partial charge on any atom is -0.193 e. The molecule has 0 unspecified atom stereocenters. The first-order valence-corrected chi connectivity index (χ1v) is 3.78. The van der Waals surface area contributed by atoms with E-state index in [1.165, 1.54) is 18.4 Å². The smallest absolute Gasteiger partial charge is 0.0943 e. The van der Waals surface area contributed by atoms with Crippen LogP contribution in [0.4, 0.5) is 0 Å². The molecule has 0 bridgehead atoms. The fourth-order valence-corrected chi connectivity index (χ4v) is 0.725. The quantitative estimate of drug-likeness (QED) is 0.548. The topological polar surface area (TPSA) is 23.8 Å². The largest absolute Gasteiger partial charge is 0.193 e. The van der Waals surface area contributed by atoms with Crippen LogP contribution in [0.25, 0.3) is 0 Å². The molecule has 1 heteroatoms. The Balaban J connectivity index is 3.83. The summed E-state index contributed by atoms with van der Waals surface area (Å²) in [5, 5.41) is 8.50. The first-order valence-electron chi connectivity index (χ1n) is 3.78. The minimum absolute atomic E-state index is 0.883. The third kappa shape index (κ3) is 3.29. The van der Waals surface area contributed by atoms with Gasteiger partial charge >= 0.3 is 0 Å². The fourth-order valence-electron chi connectivity index (χ4n) is 0.725. The average Bonchev–Trinajstić information content (AvgIpc) is 1.98. The molecule has 0 saturated heterocycles. The molecule has 0 aliphatic carbocycles. The van der Waals surface area contributed by atoms with E-state index in [1.807, 2.05) is 13.8 Å². The second kappa shape index (κ2) is 5.05. The van der Waals surface area contributed by atoms with Gasteiger partial charge in [0.15, 0.2) is 0 Å². The van der Waals surface area contributed by atoms with Crippen LogP contribution in [0.3, 0.4) is 0 Å². The van der Waals surface area contributed by atoms with Crippen LogP contribution in [0.2, 0.25) is 0 Å². The molecule has 0 aliphatic heterocycles. The lowest BCUT2D eigenvalue weighted by atomic mass is 10.1. The van der Waals surface area contributed by atoms with Gasteiger partial charge in [0.1, 0.15) is 0 Å². The Morgan fingerprint density at radius 1 is 1.40 bits per heavy atom. The van der Waals surface area contributed by atoms with Gasteiger partial charge in [-0.05, 0) is 26.7 Å². The summed E-state index contributed by atoms with van der Waals surface area (Å²) in [7, 11) is 0. The van der Waals surface area contributed by atoms with Gasteiger partial charge in [-0.3, -0.25) is 0 Å². The number of nitrogens with zero attached hydrogens (tertiary/aromatic N) is 1. The number of unbranched alkanes of at least 4 members (excludes halogenated alkanes) is 1. The van der Waals surface area contributed by atoms with Crippen molar-refractivity contribution in [2.75, 3.05) is 0 Å². The Bertz CT molecular complexity index is 160. The van der Waals surface area contributed by atoms with Crippen LogP contribution in [0, 0.1) is 11.3 Å². The predicted molar refractivity (Wildman–Crippen MR) is 43.5 cm³/mol. The van der Waals surface area contributed by atoms with Crippen LogP contribution < -0.4 is 0 Å². The second-order valence-corrected chi connectivity index (χ2v) is 2.62. The minimum atomic E-state index is 0.883. The molecule has 0 fully saturated rings. The molecule has 0 aliphatic rings. The van der Waals surface area contributed by atoms with E-state index < -0.39 is 0 Å². The molecular formula is C9H15N. The molecule has 0 aromatic heterocycles. The zero-order valence-corrected chi connectivity index (χ0v) is 7.07. The summed E-state index contributed by atoms with van der Waals surface area (Å²) in [6.45, 7) is 6.08. The van der Waals surface area contributed by atoms with Crippen LogP contribution in [0.5, 0.6) is 0 Å². The van der Waals surface area contributed by atoms with Crippen molar-refractivity contribution >= 4 is 0 Å². The van der Waals surface area contributed by atoms with E-state index >= 15 is 0 Å². The standard InChI is InChI=1S/C9H15N/c1-4-5-6-8(2)9(3)7-10/h4-6H2,1-3H3/b9-8+. The Morgan fingerprint density at radius 2 is 2.00 bits per heavy atom. The lowest BCUT2D eigenvalue weighted by Gasteiger charge is -1.98. The maximum Gasteiger partial charge on any atom is 0.0943 e. The van der Waals surface area contributed by atoms with Gasteiger partial charge in [0, 0.05) is 5.57 Å². The van der Waals surface area contributed by atoms with Gasteiger partial charge in [0.05, 0.1) is 6.07 Å². The highest BCUT2D eigenvalue weighted by molar-refractivity contribution is 5.23. The van der Waals surface area contributed by atoms with Gasteiger partial charge in [-0.15, -0.1) is 0 Å². The molecule has 0 radical (unpaired) electrons. The Hall–Kier alpha value is -0.770. The molecule has 0 saturated carbocycles. The monoisotopic (exact) mass is 137 g/mol. The van der Waals surface area contributed by atoms with Gasteiger partial charge in [-0.2, -0.15) is 5.26 Å². The van der Waals surface area contributed by atoms with Gasteiger partial charge in [-0.1, -0.05) is 18.9 Å². The molecule has 56 valence electrons. The van der Waals surface area contributed by atoms with Crippen molar-refractivity contribution in [1.82, 2.24) is 0 Å². The molecule has 0 aromatic carbocycles. The van der Waals surface area contributed by atoms with Crippen LogP contribution >= 0.6 is 0 Å². The summed E-state index contributed by atoms with van der Waals surface area (Å²) in [5.74, 6) is 0. The van der Waals surface area contributed by atoms with E-state index in [9.17, 15) is 0 Å². The number of allylic oxidation sites excluding steroid dienone is 2. The number of rotatable bonds is 3. The summed E-state index contributed by atoms with van der Waals surface area (Å²) >= 11 is 0. The molecule has 0 amide bonds. The molecule has 0 N–H and O–H groups in total. The highest BCUT2D eigenvalue weighted by Gasteiger charge is 1.93. The first kappa shape index (κ1) is 9.23. The first-order chi connectivity index (χ1) is 4.72. The van der Waals surface area contributed by atoms with E-state index in [1.54, 1.807) is 0 Å². The molecule has 0 aromatic rings. The normalized spacial score (nSPS) is 12.2. The zero-order valence-electron chi connectivity index (χ0n) is 7.07. The molecule has 1 nitrogen and oxygen atoms in total. The maximum atomic E-state index is 8.50. The summed E-state index contributed by atoms with van der Waals surface area (Å²) in [5.41, 5.74) is 2.12.